The van der Waals surface area contributed by atoms with Gasteiger partial charge in [-0.2, -0.15) is 0 Å². The third-order valence-corrected chi connectivity index (χ3v) is 3.83. The minimum absolute atomic E-state index is 0.436. The number of nitrogens with zero attached hydrogens (tertiary/aromatic N) is 2. The van der Waals surface area contributed by atoms with Gasteiger partial charge in [0.25, 0.3) is 0 Å². The van der Waals surface area contributed by atoms with Gasteiger partial charge in [0, 0.05) is 31.3 Å². The van der Waals surface area contributed by atoms with E-state index in [1.807, 2.05) is 24.2 Å². The van der Waals surface area contributed by atoms with Crippen LogP contribution in [0.5, 0.6) is 0 Å². The molecule has 15 heavy (non-hydrogen) atoms. The maximum atomic E-state index is 5.69. The largest absolute Gasteiger partial charge is 0.377 e. The van der Waals surface area contributed by atoms with E-state index in [4.69, 9.17) is 4.74 Å². The molecule has 2 heterocycles. The maximum absolute atomic E-state index is 5.69. The van der Waals surface area contributed by atoms with Crippen LogP contribution in [0.4, 0.5) is 0 Å². The molecule has 0 unspecified atom stereocenters. The van der Waals surface area contributed by atoms with Crippen molar-refractivity contribution < 1.29 is 4.74 Å². The zero-order valence-corrected chi connectivity index (χ0v) is 10.0. The summed E-state index contributed by atoms with van der Waals surface area (Å²) < 4.78 is 7.87. The van der Waals surface area contributed by atoms with Crippen molar-refractivity contribution in [2.75, 3.05) is 12.4 Å². The molecule has 1 aliphatic rings. The Morgan fingerprint density at radius 1 is 1.60 bits per heavy atom. The van der Waals surface area contributed by atoms with Crippen LogP contribution in [-0.4, -0.2) is 28.0 Å². The molecule has 0 aliphatic carbocycles. The van der Waals surface area contributed by atoms with Crippen LogP contribution in [0.3, 0.4) is 0 Å². The van der Waals surface area contributed by atoms with Crippen molar-refractivity contribution in [1.82, 2.24) is 9.55 Å². The van der Waals surface area contributed by atoms with Crippen LogP contribution in [0.1, 0.15) is 26.2 Å². The molecular formula is C11H18N2OS. The Kier molecular flexibility index (Phi) is 4.09. The SMILES string of the molecule is CCn1ccnc1SC[C@H]1CCCCO1. The summed E-state index contributed by atoms with van der Waals surface area (Å²) in [5, 5.41) is 1.12. The smallest absolute Gasteiger partial charge is 0.168 e. The van der Waals surface area contributed by atoms with Crippen LogP contribution in [-0.2, 0) is 11.3 Å². The Morgan fingerprint density at radius 2 is 2.53 bits per heavy atom. The molecule has 1 aromatic heterocycles. The molecule has 0 saturated carbocycles. The van der Waals surface area contributed by atoms with Crippen LogP contribution in [0.25, 0.3) is 0 Å². The van der Waals surface area contributed by atoms with Gasteiger partial charge in [-0.3, -0.25) is 0 Å². The van der Waals surface area contributed by atoms with Crippen molar-refractivity contribution in [2.45, 2.75) is 44.0 Å². The molecule has 84 valence electrons. The van der Waals surface area contributed by atoms with Gasteiger partial charge in [0.15, 0.2) is 5.16 Å². The van der Waals surface area contributed by atoms with Gasteiger partial charge in [-0.25, -0.2) is 4.98 Å². The lowest BCUT2D eigenvalue weighted by atomic mass is 10.1. The number of thioether (sulfide) groups is 1. The average Bonchev–Trinajstić information content (AvgIpc) is 2.75. The van der Waals surface area contributed by atoms with Gasteiger partial charge in [0.2, 0.25) is 0 Å². The minimum atomic E-state index is 0.436. The van der Waals surface area contributed by atoms with Gasteiger partial charge in [-0.05, 0) is 26.2 Å². The number of aryl methyl sites for hydroxylation is 1. The van der Waals surface area contributed by atoms with Crippen molar-refractivity contribution in [2.24, 2.45) is 0 Å². The molecule has 0 radical (unpaired) electrons. The van der Waals surface area contributed by atoms with E-state index in [-0.39, 0.29) is 0 Å². The lowest BCUT2D eigenvalue weighted by molar-refractivity contribution is 0.0315. The first-order valence-electron chi connectivity index (χ1n) is 5.65. The first kappa shape index (κ1) is 11.0. The number of hydrogen-bond donors (Lipinski definition) is 0. The summed E-state index contributed by atoms with van der Waals surface area (Å²) in [6, 6.07) is 0. The zero-order valence-electron chi connectivity index (χ0n) is 9.19. The summed E-state index contributed by atoms with van der Waals surface area (Å²) in [4.78, 5) is 4.34. The summed E-state index contributed by atoms with van der Waals surface area (Å²) in [6.07, 6.45) is 8.08. The van der Waals surface area contributed by atoms with Crippen LogP contribution in [0.2, 0.25) is 0 Å². The van der Waals surface area contributed by atoms with Gasteiger partial charge >= 0.3 is 0 Å². The second-order valence-corrected chi connectivity index (χ2v) is 4.78. The molecule has 1 aromatic rings. The molecule has 0 aromatic carbocycles. The van der Waals surface area contributed by atoms with Gasteiger partial charge in [0.05, 0.1) is 6.10 Å². The summed E-state index contributed by atoms with van der Waals surface area (Å²) in [5.41, 5.74) is 0. The van der Waals surface area contributed by atoms with E-state index < -0.39 is 0 Å². The Hall–Kier alpha value is -0.480. The number of rotatable bonds is 4. The van der Waals surface area contributed by atoms with E-state index in [0.29, 0.717) is 6.10 Å². The molecule has 3 nitrogen and oxygen atoms in total. The Bertz CT molecular complexity index is 295. The summed E-state index contributed by atoms with van der Waals surface area (Å²) in [7, 11) is 0. The average molecular weight is 226 g/mol. The highest BCUT2D eigenvalue weighted by atomic mass is 32.2. The highest BCUT2D eigenvalue weighted by Gasteiger charge is 2.15. The highest BCUT2D eigenvalue weighted by Crippen LogP contribution is 2.22. The van der Waals surface area contributed by atoms with E-state index in [2.05, 4.69) is 16.5 Å². The molecule has 0 spiro atoms. The van der Waals surface area contributed by atoms with E-state index in [1.165, 1.54) is 19.3 Å². The normalized spacial score (nSPS) is 21.8. The van der Waals surface area contributed by atoms with Gasteiger partial charge in [-0.1, -0.05) is 11.8 Å². The van der Waals surface area contributed by atoms with Crippen molar-refractivity contribution in [1.29, 1.82) is 0 Å². The molecule has 1 atom stereocenters. The number of imidazole rings is 1. The molecule has 0 bridgehead atoms. The van der Waals surface area contributed by atoms with Crippen LogP contribution in [0.15, 0.2) is 17.6 Å². The van der Waals surface area contributed by atoms with E-state index in [1.54, 1.807) is 0 Å². The van der Waals surface area contributed by atoms with E-state index in [9.17, 15) is 0 Å². The molecule has 0 N–H and O–H groups in total. The minimum Gasteiger partial charge on any atom is -0.377 e. The molecule has 1 fully saturated rings. The van der Waals surface area contributed by atoms with Crippen molar-refractivity contribution in [3.05, 3.63) is 12.4 Å². The van der Waals surface area contributed by atoms with Crippen molar-refractivity contribution in [3.63, 3.8) is 0 Å². The summed E-state index contributed by atoms with van der Waals surface area (Å²) in [6.45, 7) is 4.07. The van der Waals surface area contributed by atoms with Gasteiger partial charge in [0.1, 0.15) is 0 Å². The van der Waals surface area contributed by atoms with Gasteiger partial charge in [-0.15, -0.1) is 0 Å². The molecular weight excluding hydrogens is 208 g/mol. The highest BCUT2D eigenvalue weighted by molar-refractivity contribution is 7.99. The number of aromatic nitrogens is 2. The summed E-state index contributed by atoms with van der Waals surface area (Å²) in [5.74, 6) is 1.04. The van der Waals surface area contributed by atoms with E-state index in [0.717, 1.165) is 24.1 Å². The quantitative estimate of drug-likeness (QED) is 0.738. The monoisotopic (exact) mass is 226 g/mol. The lowest BCUT2D eigenvalue weighted by Crippen LogP contribution is -2.21. The predicted octanol–water partition coefficient (Wildman–Crippen LogP) is 2.56. The van der Waals surface area contributed by atoms with Gasteiger partial charge < -0.3 is 9.30 Å². The number of hydrogen-bond acceptors (Lipinski definition) is 3. The Labute approximate surface area is 95.2 Å². The number of ether oxygens (including phenoxy) is 1. The maximum Gasteiger partial charge on any atom is 0.168 e. The fourth-order valence-electron chi connectivity index (χ4n) is 1.78. The zero-order chi connectivity index (χ0) is 10.5. The lowest BCUT2D eigenvalue weighted by Gasteiger charge is -2.21. The first-order chi connectivity index (χ1) is 7.40. The molecule has 1 aliphatic heterocycles. The van der Waals surface area contributed by atoms with Crippen molar-refractivity contribution >= 4 is 11.8 Å². The van der Waals surface area contributed by atoms with Crippen LogP contribution >= 0.6 is 11.8 Å². The standard InChI is InChI=1S/C11H18N2OS/c1-2-13-7-6-12-11(13)15-9-10-5-3-4-8-14-10/h6-7,10H,2-5,8-9H2,1H3/t10-/m1/s1. The molecule has 4 heteroatoms. The Morgan fingerprint density at radius 3 is 3.27 bits per heavy atom. The molecule has 2 rings (SSSR count). The van der Waals surface area contributed by atoms with Crippen LogP contribution in [0, 0.1) is 0 Å². The molecule has 0 amide bonds. The summed E-state index contributed by atoms with van der Waals surface area (Å²) >= 11 is 1.81. The van der Waals surface area contributed by atoms with Crippen LogP contribution < -0.4 is 0 Å². The second kappa shape index (κ2) is 5.56. The fourth-order valence-corrected chi connectivity index (χ4v) is 2.87. The Balaban J connectivity index is 1.81. The third kappa shape index (κ3) is 2.98. The van der Waals surface area contributed by atoms with E-state index >= 15 is 0 Å². The predicted molar refractivity (Wildman–Crippen MR) is 62.2 cm³/mol. The third-order valence-electron chi connectivity index (χ3n) is 2.69. The van der Waals surface area contributed by atoms with Crippen molar-refractivity contribution in [3.8, 4) is 0 Å². The topological polar surface area (TPSA) is 27.1 Å². The second-order valence-electron chi connectivity index (χ2n) is 3.80. The first-order valence-corrected chi connectivity index (χ1v) is 6.64. The molecule has 1 saturated heterocycles. The fraction of sp³-hybridized carbons (Fsp3) is 0.727.